The summed E-state index contributed by atoms with van der Waals surface area (Å²) in [5, 5.41) is 0. The van der Waals surface area contributed by atoms with Crippen LogP contribution in [0.3, 0.4) is 0 Å². The lowest BCUT2D eigenvalue weighted by Crippen LogP contribution is -2.15. The molecule has 0 radical (unpaired) electrons. The quantitative estimate of drug-likeness (QED) is 0.214. The molecule has 0 heterocycles. The third kappa shape index (κ3) is 13.6. The van der Waals surface area contributed by atoms with Gasteiger partial charge in [0.25, 0.3) is 0 Å². The van der Waals surface area contributed by atoms with Crippen molar-refractivity contribution in [1.29, 1.82) is 0 Å². The molecule has 0 saturated carbocycles. The van der Waals surface area contributed by atoms with Crippen LogP contribution in [-0.4, -0.2) is 25.2 Å². The Balaban J connectivity index is 0. The molecule has 0 fully saturated rings. The van der Waals surface area contributed by atoms with Crippen LogP contribution in [0, 0.1) is 0 Å². The normalized spacial score (nSPS) is 9.93. The molecule has 0 bridgehead atoms. The van der Waals surface area contributed by atoms with E-state index in [9.17, 15) is 9.59 Å². The Morgan fingerprint density at radius 3 is 1.33 bits per heavy atom. The molecule has 0 aliphatic rings. The monoisotopic (exact) mass is 443 g/mol. The summed E-state index contributed by atoms with van der Waals surface area (Å²) in [5.41, 5.74) is 0.586. The minimum absolute atomic E-state index is 0. The average molecular weight is 444 g/mol. The van der Waals surface area contributed by atoms with E-state index >= 15 is 0 Å². The van der Waals surface area contributed by atoms with Crippen LogP contribution in [0.2, 0.25) is 0 Å². The molecule has 30 heavy (non-hydrogen) atoms. The molecule has 0 saturated heterocycles. The van der Waals surface area contributed by atoms with Crippen LogP contribution in [0.4, 0.5) is 0 Å². The average Bonchev–Trinajstić information content (AvgIpc) is 2.72. The number of benzene rings is 1. The third-order valence-electron chi connectivity index (χ3n) is 4.83. The molecule has 0 unspecified atom stereocenters. The van der Waals surface area contributed by atoms with E-state index < -0.39 is 11.9 Å². The lowest BCUT2D eigenvalue weighted by molar-refractivity contribution is 0.0450. The van der Waals surface area contributed by atoms with Gasteiger partial charge in [0.05, 0.1) is 24.3 Å². The summed E-state index contributed by atoms with van der Waals surface area (Å²) in [6, 6.07) is 6.74. The predicted octanol–water partition coefficient (Wildman–Crippen LogP) is 7.31. The molecular weight excluding hydrogens is 402 g/mol. The number of hydrogen-bond donors (Lipinski definition) is 1. The summed E-state index contributed by atoms with van der Waals surface area (Å²) in [5.74, 6) is -0.888. The fourth-order valence-corrected chi connectivity index (χ4v) is 3.09. The smallest absolute Gasteiger partial charge is 0.339 e. The van der Waals surface area contributed by atoms with Crippen molar-refractivity contribution >= 4 is 24.3 Å². The fraction of sp³-hybridized carbons (Fsp3) is 0.667. The molecule has 0 atom stereocenters. The first-order chi connectivity index (χ1) is 13.7. The van der Waals surface area contributed by atoms with Crippen molar-refractivity contribution in [3.05, 3.63) is 35.4 Å². The Kier molecular flexibility index (Phi) is 21.1. The summed E-state index contributed by atoms with van der Waals surface area (Å²) < 4.78 is 10.7. The number of carbonyl (C=O) groups excluding carboxylic acids is 2. The fourth-order valence-electron chi connectivity index (χ4n) is 3.09. The van der Waals surface area contributed by atoms with Crippen molar-refractivity contribution in [3.8, 4) is 0 Å². The van der Waals surface area contributed by atoms with Gasteiger partial charge in [-0.2, -0.15) is 0 Å². The Labute approximate surface area is 189 Å². The summed E-state index contributed by atoms with van der Waals surface area (Å²) in [4.78, 5) is 24.7. The predicted molar refractivity (Wildman–Crippen MR) is 126 cm³/mol. The van der Waals surface area contributed by atoms with Crippen molar-refractivity contribution < 1.29 is 19.1 Å². The first-order valence-electron chi connectivity index (χ1n) is 11.1. The van der Waals surface area contributed by atoms with Crippen LogP contribution in [0.1, 0.15) is 112 Å². The molecule has 0 aromatic heterocycles. The van der Waals surface area contributed by atoms with Crippen molar-refractivity contribution in [2.24, 2.45) is 0 Å². The second-order valence-electron chi connectivity index (χ2n) is 7.35. The lowest BCUT2D eigenvalue weighted by atomic mass is 10.1. The summed E-state index contributed by atoms with van der Waals surface area (Å²) in [6.45, 7) is 5.17. The van der Waals surface area contributed by atoms with Gasteiger partial charge < -0.3 is 15.6 Å². The van der Waals surface area contributed by atoms with E-state index in [-0.39, 0.29) is 18.6 Å². The van der Waals surface area contributed by atoms with Gasteiger partial charge in [-0.3, -0.25) is 0 Å². The molecule has 1 aromatic carbocycles. The Morgan fingerprint density at radius 2 is 0.967 bits per heavy atom. The summed E-state index contributed by atoms with van der Waals surface area (Å²) in [6.07, 6.45) is 13.6. The zero-order valence-corrected chi connectivity index (χ0v) is 19.8. The highest BCUT2D eigenvalue weighted by Crippen LogP contribution is 2.14. The van der Waals surface area contributed by atoms with E-state index in [0.717, 1.165) is 25.7 Å². The highest BCUT2D eigenvalue weighted by molar-refractivity contribution is 6.03. The van der Waals surface area contributed by atoms with Crippen molar-refractivity contribution in [1.82, 2.24) is 6.15 Å². The minimum Gasteiger partial charge on any atom is -0.462 e. The minimum atomic E-state index is -0.444. The number of hydrogen-bond acceptors (Lipinski definition) is 5. The van der Waals surface area contributed by atoms with Gasteiger partial charge in [-0.25, -0.2) is 9.59 Å². The third-order valence-corrected chi connectivity index (χ3v) is 4.83. The molecule has 1 rings (SSSR count). The molecule has 0 aliphatic heterocycles. The maximum atomic E-state index is 12.4. The molecule has 6 heteroatoms. The van der Waals surface area contributed by atoms with Gasteiger partial charge in [0.15, 0.2) is 0 Å². The highest BCUT2D eigenvalue weighted by atomic mass is 35.5. The van der Waals surface area contributed by atoms with Crippen molar-refractivity contribution in [2.45, 2.75) is 90.9 Å². The van der Waals surface area contributed by atoms with E-state index in [1.54, 1.807) is 24.3 Å². The van der Waals surface area contributed by atoms with Crippen LogP contribution in [-0.2, 0) is 9.47 Å². The van der Waals surface area contributed by atoms with Crippen LogP contribution in [0.25, 0.3) is 0 Å². The Bertz CT molecular complexity index is 517. The van der Waals surface area contributed by atoms with E-state index in [0.29, 0.717) is 24.3 Å². The van der Waals surface area contributed by atoms with Gasteiger partial charge >= 0.3 is 11.9 Å². The molecule has 1 aromatic rings. The van der Waals surface area contributed by atoms with Gasteiger partial charge in [-0.05, 0) is 25.0 Å². The molecule has 0 amide bonds. The van der Waals surface area contributed by atoms with Gasteiger partial charge in [-0.1, -0.05) is 90.2 Å². The second kappa shape index (κ2) is 20.7. The summed E-state index contributed by atoms with van der Waals surface area (Å²) >= 11 is 0. The van der Waals surface area contributed by atoms with Crippen LogP contribution < -0.4 is 6.15 Å². The van der Waals surface area contributed by atoms with Crippen LogP contribution in [0.15, 0.2) is 24.3 Å². The Hall–Kier alpha value is -1.59. The maximum Gasteiger partial charge on any atom is 0.339 e. The summed E-state index contributed by atoms with van der Waals surface area (Å²) in [7, 11) is 0. The molecule has 0 aliphatic carbocycles. The van der Waals surface area contributed by atoms with Gasteiger partial charge in [0.1, 0.15) is 0 Å². The first-order valence-corrected chi connectivity index (χ1v) is 11.1. The zero-order chi connectivity index (χ0) is 20.5. The van der Waals surface area contributed by atoms with Gasteiger partial charge in [0.2, 0.25) is 0 Å². The van der Waals surface area contributed by atoms with Gasteiger partial charge in [-0.15, -0.1) is 12.4 Å². The molecule has 5 nitrogen and oxygen atoms in total. The zero-order valence-electron chi connectivity index (χ0n) is 19.0. The van der Waals surface area contributed by atoms with Crippen molar-refractivity contribution in [2.75, 3.05) is 13.2 Å². The topological polar surface area (TPSA) is 87.6 Å². The molecule has 0 spiro atoms. The highest BCUT2D eigenvalue weighted by Gasteiger charge is 2.18. The Morgan fingerprint density at radius 1 is 0.633 bits per heavy atom. The maximum absolute atomic E-state index is 12.4. The lowest BCUT2D eigenvalue weighted by Gasteiger charge is -2.10. The largest absolute Gasteiger partial charge is 0.462 e. The van der Waals surface area contributed by atoms with Crippen molar-refractivity contribution in [3.63, 3.8) is 0 Å². The van der Waals surface area contributed by atoms with Gasteiger partial charge in [0, 0.05) is 0 Å². The SMILES string of the molecule is CCCCCCCCOC(=O)c1ccccc1C(=O)OCCCCCCCC.Cl.N. The van der Waals surface area contributed by atoms with E-state index in [1.165, 1.54) is 51.4 Å². The number of carbonyl (C=O) groups is 2. The van der Waals surface area contributed by atoms with Crippen LogP contribution >= 0.6 is 12.4 Å². The second-order valence-corrected chi connectivity index (χ2v) is 7.35. The number of esters is 2. The number of rotatable bonds is 16. The number of ether oxygens (including phenoxy) is 2. The molecule has 3 N–H and O–H groups in total. The van der Waals surface area contributed by atoms with E-state index in [1.807, 2.05) is 0 Å². The van der Waals surface area contributed by atoms with E-state index in [2.05, 4.69) is 13.8 Å². The molecule has 174 valence electrons. The number of unbranched alkanes of at least 4 members (excludes halogenated alkanes) is 10. The number of halogens is 1. The first kappa shape index (κ1) is 30.6. The molecular formula is C24H42ClNO4. The van der Waals surface area contributed by atoms with E-state index in [4.69, 9.17) is 9.47 Å². The van der Waals surface area contributed by atoms with Crippen LogP contribution in [0.5, 0.6) is 0 Å². The standard InChI is InChI=1S/C24H38O4.ClH.H3N/c1-3-5-7-9-11-15-19-27-23(25)21-17-13-14-18-22(21)24(26)28-20-16-12-10-8-6-4-2;;/h13-14,17-18H,3-12,15-16,19-20H2,1-2H3;1H;1H3.